The molecule has 0 radical (unpaired) electrons. The molecule has 110 valence electrons. The molecule has 3 fully saturated rings. The van der Waals surface area contributed by atoms with E-state index in [0.29, 0.717) is 11.5 Å². The number of nitrogens with zero attached hydrogens (tertiary/aromatic N) is 2. The van der Waals surface area contributed by atoms with Crippen molar-refractivity contribution in [2.75, 3.05) is 60.0 Å². The summed E-state index contributed by atoms with van der Waals surface area (Å²) in [6, 6.07) is 0.699. The van der Waals surface area contributed by atoms with Gasteiger partial charge in [0.2, 0.25) is 0 Å². The lowest BCUT2D eigenvalue weighted by atomic mass is 9.66. The number of ether oxygens (including phenoxy) is 1. The number of hydrogen-bond donors (Lipinski definition) is 1. The Balaban J connectivity index is 1.65. The van der Waals surface area contributed by atoms with Crippen molar-refractivity contribution in [2.24, 2.45) is 11.3 Å². The van der Waals surface area contributed by atoms with Crippen LogP contribution in [0.25, 0.3) is 0 Å². The highest BCUT2D eigenvalue weighted by Crippen LogP contribution is 2.44. The predicted octanol–water partition coefficient (Wildman–Crippen LogP) is 0.639. The summed E-state index contributed by atoms with van der Waals surface area (Å²) in [5.74, 6) is 0.843. The molecule has 4 nitrogen and oxygen atoms in total. The van der Waals surface area contributed by atoms with Crippen LogP contribution in [-0.4, -0.2) is 75.9 Å². The van der Waals surface area contributed by atoms with Crippen molar-refractivity contribution in [1.82, 2.24) is 15.1 Å². The molecule has 2 unspecified atom stereocenters. The minimum atomic E-state index is 0.465. The minimum absolute atomic E-state index is 0.465. The minimum Gasteiger partial charge on any atom is -0.380 e. The number of piperazine rings is 1. The molecule has 3 heterocycles. The van der Waals surface area contributed by atoms with Crippen molar-refractivity contribution < 1.29 is 4.74 Å². The fourth-order valence-electron chi connectivity index (χ4n) is 4.11. The third kappa shape index (κ3) is 2.82. The summed E-state index contributed by atoms with van der Waals surface area (Å²) in [6.45, 7) is 8.02. The molecule has 4 heteroatoms. The van der Waals surface area contributed by atoms with Crippen LogP contribution in [0.2, 0.25) is 0 Å². The maximum absolute atomic E-state index is 5.65. The van der Waals surface area contributed by atoms with Crippen molar-refractivity contribution >= 4 is 0 Å². The van der Waals surface area contributed by atoms with Crippen LogP contribution in [0.5, 0.6) is 0 Å². The third-order valence-electron chi connectivity index (χ3n) is 5.56. The molecule has 3 rings (SSSR count). The first-order chi connectivity index (χ1) is 9.20. The van der Waals surface area contributed by atoms with E-state index in [9.17, 15) is 0 Å². The van der Waals surface area contributed by atoms with Gasteiger partial charge in [0.25, 0.3) is 0 Å². The molecular weight excluding hydrogens is 238 g/mol. The molecule has 1 N–H and O–H groups in total. The number of rotatable bonds is 3. The van der Waals surface area contributed by atoms with Gasteiger partial charge in [-0.05, 0) is 45.8 Å². The summed E-state index contributed by atoms with van der Waals surface area (Å²) in [5, 5.41) is 3.55. The maximum Gasteiger partial charge on any atom is 0.0548 e. The third-order valence-corrected chi connectivity index (χ3v) is 5.56. The zero-order chi connectivity index (χ0) is 13.3. The molecular formula is C15H29N3O. The summed E-state index contributed by atoms with van der Waals surface area (Å²) in [4.78, 5) is 5.06. The highest BCUT2D eigenvalue weighted by molar-refractivity contribution is 4.98. The van der Waals surface area contributed by atoms with Crippen LogP contribution >= 0.6 is 0 Å². The second kappa shape index (κ2) is 5.68. The molecule has 3 saturated heterocycles. The molecule has 0 aliphatic carbocycles. The van der Waals surface area contributed by atoms with Crippen molar-refractivity contribution in [2.45, 2.75) is 25.3 Å². The van der Waals surface area contributed by atoms with Gasteiger partial charge in [-0.25, -0.2) is 0 Å². The standard InChI is InChI=1S/C15H29N3O/c1-17-6-3-4-13(10-17)15(11-19-12-15)8-14-9-16-5-7-18(14)2/h13-14,16H,3-12H2,1-2H3. The van der Waals surface area contributed by atoms with Crippen LogP contribution in [-0.2, 0) is 4.74 Å². The second-order valence-corrected chi connectivity index (χ2v) is 7.00. The lowest BCUT2D eigenvalue weighted by molar-refractivity contribution is -0.168. The average molecular weight is 267 g/mol. The quantitative estimate of drug-likeness (QED) is 0.812. The number of nitrogens with one attached hydrogen (secondary N) is 1. The van der Waals surface area contributed by atoms with Crippen molar-refractivity contribution in [3.05, 3.63) is 0 Å². The van der Waals surface area contributed by atoms with E-state index in [1.807, 2.05) is 0 Å². The van der Waals surface area contributed by atoms with Gasteiger partial charge >= 0.3 is 0 Å². The van der Waals surface area contributed by atoms with E-state index in [1.165, 1.54) is 38.9 Å². The van der Waals surface area contributed by atoms with E-state index >= 15 is 0 Å². The fourth-order valence-corrected chi connectivity index (χ4v) is 4.11. The van der Waals surface area contributed by atoms with Crippen LogP contribution < -0.4 is 5.32 Å². The second-order valence-electron chi connectivity index (χ2n) is 7.00. The summed E-state index contributed by atoms with van der Waals surface area (Å²) in [6.07, 6.45) is 4.08. The van der Waals surface area contributed by atoms with Gasteiger partial charge < -0.3 is 19.9 Å². The van der Waals surface area contributed by atoms with E-state index in [4.69, 9.17) is 4.74 Å². The largest absolute Gasteiger partial charge is 0.380 e. The first kappa shape index (κ1) is 13.8. The van der Waals surface area contributed by atoms with Crippen LogP contribution in [0.3, 0.4) is 0 Å². The molecule has 0 spiro atoms. The van der Waals surface area contributed by atoms with Gasteiger partial charge in [0, 0.05) is 37.6 Å². The van der Waals surface area contributed by atoms with Gasteiger partial charge in [0.05, 0.1) is 13.2 Å². The summed E-state index contributed by atoms with van der Waals surface area (Å²) in [5.41, 5.74) is 0.465. The van der Waals surface area contributed by atoms with Gasteiger partial charge in [-0.3, -0.25) is 0 Å². The first-order valence-electron chi connectivity index (χ1n) is 7.87. The van der Waals surface area contributed by atoms with Crippen LogP contribution in [0, 0.1) is 11.3 Å². The van der Waals surface area contributed by atoms with Gasteiger partial charge in [-0.2, -0.15) is 0 Å². The van der Waals surface area contributed by atoms with Crippen molar-refractivity contribution in [3.63, 3.8) is 0 Å². The van der Waals surface area contributed by atoms with Gasteiger partial charge in [-0.15, -0.1) is 0 Å². The summed E-state index contributed by atoms with van der Waals surface area (Å²) < 4.78 is 5.65. The molecule has 3 aliphatic heterocycles. The molecule has 0 aromatic rings. The highest BCUT2D eigenvalue weighted by atomic mass is 16.5. The Kier molecular flexibility index (Phi) is 4.13. The monoisotopic (exact) mass is 267 g/mol. The van der Waals surface area contributed by atoms with Crippen LogP contribution in [0.1, 0.15) is 19.3 Å². The predicted molar refractivity (Wildman–Crippen MR) is 77.4 cm³/mol. The fraction of sp³-hybridized carbons (Fsp3) is 1.00. The molecule has 3 aliphatic rings. The van der Waals surface area contributed by atoms with Crippen LogP contribution in [0.15, 0.2) is 0 Å². The molecule has 0 aromatic carbocycles. The molecule has 0 bridgehead atoms. The highest BCUT2D eigenvalue weighted by Gasteiger charge is 2.48. The van der Waals surface area contributed by atoms with E-state index in [0.717, 1.165) is 32.2 Å². The average Bonchev–Trinajstić information content (AvgIpc) is 2.36. The SMILES string of the molecule is CN1CCCC(C2(CC3CNCCN3C)COC2)C1. The smallest absolute Gasteiger partial charge is 0.0548 e. The molecule has 0 saturated carbocycles. The summed E-state index contributed by atoms with van der Waals surface area (Å²) >= 11 is 0. The zero-order valence-electron chi connectivity index (χ0n) is 12.5. The molecule has 0 amide bonds. The van der Waals surface area contributed by atoms with Gasteiger partial charge in [-0.1, -0.05) is 0 Å². The van der Waals surface area contributed by atoms with E-state index < -0.39 is 0 Å². The zero-order valence-corrected chi connectivity index (χ0v) is 12.5. The molecule has 2 atom stereocenters. The normalized spacial score (nSPS) is 36.9. The Morgan fingerprint density at radius 2 is 2.11 bits per heavy atom. The first-order valence-corrected chi connectivity index (χ1v) is 7.87. The van der Waals surface area contributed by atoms with Gasteiger partial charge in [0.1, 0.15) is 0 Å². The Bertz CT molecular complexity index is 306. The maximum atomic E-state index is 5.65. The van der Waals surface area contributed by atoms with E-state index in [-0.39, 0.29) is 0 Å². The van der Waals surface area contributed by atoms with Crippen molar-refractivity contribution in [1.29, 1.82) is 0 Å². The molecule has 19 heavy (non-hydrogen) atoms. The lowest BCUT2D eigenvalue weighted by Crippen LogP contribution is -2.59. The summed E-state index contributed by atoms with van der Waals surface area (Å²) in [7, 11) is 4.55. The number of likely N-dealkylation sites (tertiary alicyclic amines) is 1. The Morgan fingerprint density at radius 3 is 2.74 bits per heavy atom. The molecule has 0 aromatic heterocycles. The Labute approximate surface area is 117 Å². The number of piperidine rings is 1. The van der Waals surface area contributed by atoms with E-state index in [2.05, 4.69) is 29.2 Å². The topological polar surface area (TPSA) is 27.7 Å². The van der Waals surface area contributed by atoms with Crippen LogP contribution in [0.4, 0.5) is 0 Å². The number of hydrogen-bond acceptors (Lipinski definition) is 4. The Hall–Kier alpha value is -0.160. The lowest BCUT2D eigenvalue weighted by Gasteiger charge is -2.52. The van der Waals surface area contributed by atoms with Crippen molar-refractivity contribution in [3.8, 4) is 0 Å². The number of likely N-dealkylation sites (N-methyl/N-ethyl adjacent to an activating group) is 1. The Morgan fingerprint density at radius 1 is 1.26 bits per heavy atom. The van der Waals surface area contributed by atoms with E-state index in [1.54, 1.807) is 0 Å². The van der Waals surface area contributed by atoms with Gasteiger partial charge in [0.15, 0.2) is 0 Å².